The van der Waals surface area contributed by atoms with Gasteiger partial charge in [0.2, 0.25) is 0 Å². The summed E-state index contributed by atoms with van der Waals surface area (Å²) in [6.45, 7) is 1.06. The molecular weight excluding hydrogens is 268 g/mol. The molecule has 0 spiro atoms. The van der Waals surface area contributed by atoms with Gasteiger partial charge in [0.05, 0.1) is 18.8 Å². The number of aliphatic hydroxyl groups excluding tert-OH is 1. The van der Waals surface area contributed by atoms with Gasteiger partial charge in [0, 0.05) is 25.5 Å². The van der Waals surface area contributed by atoms with Crippen molar-refractivity contribution in [2.75, 3.05) is 13.7 Å². The first-order chi connectivity index (χ1) is 10.2. The molecule has 110 valence electrons. The van der Waals surface area contributed by atoms with Crippen molar-refractivity contribution < 1.29 is 14.6 Å². The van der Waals surface area contributed by atoms with E-state index in [1.165, 1.54) is 7.11 Å². The van der Waals surface area contributed by atoms with Gasteiger partial charge in [0.15, 0.2) is 0 Å². The van der Waals surface area contributed by atoms with Gasteiger partial charge in [0.1, 0.15) is 0 Å². The van der Waals surface area contributed by atoms with E-state index in [1.54, 1.807) is 36.7 Å². The molecule has 2 aromatic rings. The van der Waals surface area contributed by atoms with Gasteiger partial charge in [-0.1, -0.05) is 12.1 Å². The number of hydrogen-bond acceptors (Lipinski definition) is 5. The van der Waals surface area contributed by atoms with Crippen molar-refractivity contribution in [3.63, 3.8) is 0 Å². The summed E-state index contributed by atoms with van der Waals surface area (Å²) in [6, 6.07) is 10.7. The van der Waals surface area contributed by atoms with E-state index in [2.05, 4.69) is 15.0 Å². The highest BCUT2D eigenvalue weighted by Crippen LogP contribution is 2.10. The minimum Gasteiger partial charge on any atom is -0.465 e. The summed E-state index contributed by atoms with van der Waals surface area (Å²) in [6.07, 6.45) is 2.75. The maximum absolute atomic E-state index is 11.3. The average Bonchev–Trinajstić information content (AvgIpc) is 2.55. The highest BCUT2D eigenvalue weighted by Gasteiger charge is 2.07. The van der Waals surface area contributed by atoms with Crippen LogP contribution in [0.15, 0.2) is 48.8 Å². The number of benzene rings is 1. The third-order valence-electron chi connectivity index (χ3n) is 3.13. The van der Waals surface area contributed by atoms with Crippen LogP contribution in [0.4, 0.5) is 0 Å². The molecule has 2 N–H and O–H groups in total. The molecule has 0 radical (unpaired) electrons. The summed E-state index contributed by atoms with van der Waals surface area (Å²) in [5, 5.41) is 13.2. The van der Waals surface area contributed by atoms with Crippen molar-refractivity contribution in [2.24, 2.45) is 0 Å². The van der Waals surface area contributed by atoms with Crippen LogP contribution in [0.25, 0.3) is 0 Å². The van der Waals surface area contributed by atoms with Gasteiger partial charge in [0.25, 0.3) is 0 Å². The summed E-state index contributed by atoms with van der Waals surface area (Å²) in [7, 11) is 1.36. The third-order valence-corrected chi connectivity index (χ3v) is 3.13. The number of rotatable bonds is 6. The standard InChI is InChI=1S/C16H18N2O3/c1-21-16(20)14-4-2-12(3-5-14)10-18-11-15(19)13-6-8-17-9-7-13/h2-9,15,18-19H,10-11H2,1H3. The molecule has 2 rings (SSSR count). The number of hydrogen-bond donors (Lipinski definition) is 2. The third kappa shape index (κ3) is 4.37. The second-order valence-corrected chi connectivity index (χ2v) is 4.62. The van der Waals surface area contributed by atoms with E-state index in [0.717, 1.165) is 11.1 Å². The van der Waals surface area contributed by atoms with Gasteiger partial charge in [-0.05, 0) is 35.4 Å². The highest BCUT2D eigenvalue weighted by molar-refractivity contribution is 5.89. The molecule has 0 aliphatic carbocycles. The van der Waals surface area contributed by atoms with Gasteiger partial charge < -0.3 is 15.2 Å². The minimum absolute atomic E-state index is 0.345. The number of aromatic nitrogens is 1. The molecule has 0 bridgehead atoms. The number of ether oxygens (including phenoxy) is 1. The lowest BCUT2D eigenvalue weighted by molar-refractivity contribution is 0.0600. The van der Waals surface area contributed by atoms with E-state index in [-0.39, 0.29) is 5.97 Å². The molecular formula is C16H18N2O3. The van der Waals surface area contributed by atoms with E-state index in [1.807, 2.05) is 12.1 Å². The van der Waals surface area contributed by atoms with Crippen LogP contribution in [0, 0.1) is 0 Å². The molecule has 0 aliphatic rings. The van der Waals surface area contributed by atoms with E-state index >= 15 is 0 Å². The van der Waals surface area contributed by atoms with Gasteiger partial charge in [-0.3, -0.25) is 4.98 Å². The largest absolute Gasteiger partial charge is 0.465 e. The second-order valence-electron chi connectivity index (χ2n) is 4.62. The maximum atomic E-state index is 11.3. The molecule has 5 heteroatoms. The highest BCUT2D eigenvalue weighted by atomic mass is 16.5. The molecule has 1 atom stereocenters. The van der Waals surface area contributed by atoms with Crippen LogP contribution in [0.2, 0.25) is 0 Å². The fourth-order valence-corrected chi connectivity index (χ4v) is 1.93. The van der Waals surface area contributed by atoms with Crippen LogP contribution in [-0.2, 0) is 11.3 Å². The molecule has 1 aromatic carbocycles. The van der Waals surface area contributed by atoms with Crippen LogP contribution in [-0.4, -0.2) is 29.7 Å². The smallest absolute Gasteiger partial charge is 0.337 e. The van der Waals surface area contributed by atoms with E-state index in [4.69, 9.17) is 0 Å². The summed E-state index contributed by atoms with van der Waals surface area (Å²) in [5.41, 5.74) is 2.39. The Hall–Kier alpha value is -2.24. The number of esters is 1. The Bertz CT molecular complexity index is 570. The summed E-state index contributed by atoms with van der Waals surface area (Å²) < 4.78 is 4.64. The number of pyridine rings is 1. The normalized spacial score (nSPS) is 11.9. The molecule has 0 saturated carbocycles. The summed E-state index contributed by atoms with van der Waals surface area (Å²) >= 11 is 0. The first kappa shape index (κ1) is 15.2. The number of carbonyl (C=O) groups is 1. The molecule has 0 aliphatic heterocycles. The SMILES string of the molecule is COC(=O)c1ccc(CNCC(O)c2ccncc2)cc1. The Balaban J connectivity index is 1.82. The van der Waals surface area contributed by atoms with Crippen molar-refractivity contribution in [2.45, 2.75) is 12.6 Å². The lowest BCUT2D eigenvalue weighted by atomic mass is 10.1. The minimum atomic E-state index is -0.567. The van der Waals surface area contributed by atoms with Gasteiger partial charge in [-0.2, -0.15) is 0 Å². The molecule has 1 unspecified atom stereocenters. The Morgan fingerprint density at radius 3 is 2.52 bits per heavy atom. The lowest BCUT2D eigenvalue weighted by Crippen LogP contribution is -2.21. The summed E-state index contributed by atoms with van der Waals surface area (Å²) in [4.78, 5) is 15.2. The molecule has 5 nitrogen and oxygen atoms in total. The van der Waals surface area contributed by atoms with Gasteiger partial charge in [-0.15, -0.1) is 0 Å². The number of carbonyl (C=O) groups excluding carboxylic acids is 1. The maximum Gasteiger partial charge on any atom is 0.337 e. The lowest BCUT2D eigenvalue weighted by Gasteiger charge is -2.12. The Kier molecular flexibility index (Phi) is 5.43. The van der Waals surface area contributed by atoms with Crippen LogP contribution in [0.3, 0.4) is 0 Å². The topological polar surface area (TPSA) is 71.5 Å². The van der Waals surface area contributed by atoms with E-state index < -0.39 is 6.10 Å². The fraction of sp³-hybridized carbons (Fsp3) is 0.250. The van der Waals surface area contributed by atoms with Crippen LogP contribution in [0.5, 0.6) is 0 Å². The molecule has 0 amide bonds. The quantitative estimate of drug-likeness (QED) is 0.791. The first-order valence-electron chi connectivity index (χ1n) is 6.66. The Morgan fingerprint density at radius 1 is 1.24 bits per heavy atom. The van der Waals surface area contributed by atoms with Gasteiger partial charge >= 0.3 is 5.97 Å². The fourth-order valence-electron chi connectivity index (χ4n) is 1.93. The van der Waals surface area contributed by atoms with Gasteiger partial charge in [-0.25, -0.2) is 4.79 Å². The first-order valence-corrected chi connectivity index (χ1v) is 6.66. The van der Waals surface area contributed by atoms with Crippen LogP contribution >= 0.6 is 0 Å². The van der Waals surface area contributed by atoms with Crippen molar-refractivity contribution in [3.8, 4) is 0 Å². The predicted octanol–water partition coefficient (Wildman–Crippen LogP) is 1.69. The van der Waals surface area contributed by atoms with Crippen LogP contribution in [0.1, 0.15) is 27.6 Å². The van der Waals surface area contributed by atoms with E-state index in [9.17, 15) is 9.90 Å². The number of nitrogens with zero attached hydrogens (tertiary/aromatic N) is 1. The number of methoxy groups -OCH3 is 1. The Morgan fingerprint density at radius 2 is 1.90 bits per heavy atom. The molecule has 0 saturated heterocycles. The number of nitrogens with one attached hydrogen (secondary N) is 1. The zero-order valence-electron chi connectivity index (χ0n) is 11.8. The van der Waals surface area contributed by atoms with Crippen molar-refractivity contribution in [3.05, 3.63) is 65.5 Å². The molecule has 1 heterocycles. The predicted molar refractivity (Wildman–Crippen MR) is 78.7 cm³/mol. The zero-order valence-corrected chi connectivity index (χ0v) is 11.8. The zero-order chi connectivity index (χ0) is 15.1. The molecule has 1 aromatic heterocycles. The molecule has 21 heavy (non-hydrogen) atoms. The van der Waals surface area contributed by atoms with Crippen molar-refractivity contribution in [1.29, 1.82) is 0 Å². The van der Waals surface area contributed by atoms with Crippen molar-refractivity contribution >= 4 is 5.97 Å². The molecule has 0 fully saturated rings. The van der Waals surface area contributed by atoms with Crippen molar-refractivity contribution in [1.82, 2.24) is 10.3 Å². The monoisotopic (exact) mass is 286 g/mol. The Labute approximate surface area is 123 Å². The summed E-state index contributed by atoms with van der Waals surface area (Å²) in [5.74, 6) is -0.345. The average molecular weight is 286 g/mol. The number of aliphatic hydroxyl groups is 1. The van der Waals surface area contributed by atoms with E-state index in [0.29, 0.717) is 18.7 Å². The van der Waals surface area contributed by atoms with Crippen LogP contribution < -0.4 is 5.32 Å². The second kappa shape index (κ2) is 7.52.